The molecule has 1 N–H and O–H groups in total. The molecule has 118 valence electrons. The van der Waals surface area contributed by atoms with Gasteiger partial charge in [-0.15, -0.1) is 0 Å². The van der Waals surface area contributed by atoms with E-state index in [-0.39, 0.29) is 23.8 Å². The van der Waals surface area contributed by atoms with Gasteiger partial charge in [0.1, 0.15) is 0 Å². The van der Waals surface area contributed by atoms with Gasteiger partial charge in [-0.1, -0.05) is 0 Å². The van der Waals surface area contributed by atoms with Crippen LogP contribution in [0.2, 0.25) is 0 Å². The van der Waals surface area contributed by atoms with E-state index >= 15 is 0 Å². The van der Waals surface area contributed by atoms with E-state index < -0.39 is 0 Å². The predicted molar refractivity (Wildman–Crippen MR) is 82.0 cm³/mol. The topological polar surface area (TPSA) is 44.8 Å². The molecular formula is C15H31N3O2. The van der Waals surface area contributed by atoms with Gasteiger partial charge in [-0.25, -0.2) is 4.79 Å². The predicted octanol–water partition coefficient (Wildman–Crippen LogP) is 1.93. The zero-order valence-electron chi connectivity index (χ0n) is 13.9. The molecule has 2 atom stereocenters. The third kappa shape index (κ3) is 4.63. The maximum absolute atomic E-state index is 12.0. The molecule has 1 heterocycles. The Kier molecular flexibility index (Phi) is 6.27. The van der Waals surface area contributed by atoms with Gasteiger partial charge in [-0.2, -0.15) is 0 Å². The van der Waals surface area contributed by atoms with Crippen LogP contribution in [-0.2, 0) is 4.74 Å². The first-order valence-electron chi connectivity index (χ1n) is 7.73. The van der Waals surface area contributed by atoms with Crippen molar-refractivity contribution in [2.45, 2.75) is 59.3 Å². The fourth-order valence-corrected chi connectivity index (χ4v) is 2.70. The summed E-state index contributed by atoms with van der Waals surface area (Å²) in [5, 5.41) is 3.06. The normalized spacial score (nSPS) is 24.5. The molecule has 0 spiro atoms. The Morgan fingerprint density at radius 2 is 1.75 bits per heavy atom. The smallest absolute Gasteiger partial charge is 0.317 e. The molecule has 0 bridgehead atoms. The van der Waals surface area contributed by atoms with E-state index in [0.717, 1.165) is 26.2 Å². The molecule has 2 unspecified atom stereocenters. The van der Waals surface area contributed by atoms with Gasteiger partial charge in [-0.05, 0) is 41.5 Å². The van der Waals surface area contributed by atoms with Gasteiger partial charge in [0.05, 0.1) is 12.2 Å². The van der Waals surface area contributed by atoms with E-state index in [4.69, 9.17) is 4.74 Å². The summed E-state index contributed by atoms with van der Waals surface area (Å²) in [6.07, 6.45) is 0.494. The second kappa shape index (κ2) is 7.27. The zero-order valence-corrected chi connectivity index (χ0v) is 13.9. The largest absolute Gasteiger partial charge is 0.373 e. The summed E-state index contributed by atoms with van der Waals surface area (Å²) < 4.78 is 5.77. The lowest BCUT2D eigenvalue weighted by Crippen LogP contribution is -2.59. The van der Waals surface area contributed by atoms with Crippen LogP contribution in [0.3, 0.4) is 0 Å². The van der Waals surface area contributed by atoms with Crippen LogP contribution < -0.4 is 5.32 Å². The SMILES string of the molecule is CCN(CC)C(=O)NCC(C)(C)N1CC(C)OC(C)C1. The molecule has 0 aromatic heterocycles. The highest BCUT2D eigenvalue weighted by Gasteiger charge is 2.33. The number of amides is 2. The lowest BCUT2D eigenvalue weighted by Gasteiger charge is -2.45. The number of nitrogens with zero attached hydrogens (tertiary/aromatic N) is 2. The molecule has 1 aliphatic rings. The average molecular weight is 285 g/mol. The van der Waals surface area contributed by atoms with Crippen LogP contribution in [0, 0.1) is 0 Å². The highest BCUT2D eigenvalue weighted by molar-refractivity contribution is 5.74. The molecule has 0 aromatic rings. The van der Waals surface area contributed by atoms with Crippen molar-refractivity contribution in [3.8, 4) is 0 Å². The van der Waals surface area contributed by atoms with Crippen molar-refractivity contribution in [3.05, 3.63) is 0 Å². The number of ether oxygens (including phenoxy) is 1. The monoisotopic (exact) mass is 285 g/mol. The van der Waals surface area contributed by atoms with E-state index in [2.05, 4.69) is 37.9 Å². The fourth-order valence-electron chi connectivity index (χ4n) is 2.70. The number of urea groups is 1. The van der Waals surface area contributed by atoms with Crippen LogP contribution in [0.5, 0.6) is 0 Å². The number of nitrogens with one attached hydrogen (secondary N) is 1. The van der Waals surface area contributed by atoms with Gasteiger partial charge >= 0.3 is 6.03 Å². The summed E-state index contributed by atoms with van der Waals surface area (Å²) in [4.78, 5) is 16.3. The summed E-state index contributed by atoms with van der Waals surface area (Å²) in [7, 11) is 0. The van der Waals surface area contributed by atoms with E-state index in [1.54, 1.807) is 4.90 Å². The van der Waals surface area contributed by atoms with E-state index in [1.165, 1.54) is 0 Å². The summed E-state index contributed by atoms with van der Waals surface area (Å²) in [5.74, 6) is 0. The third-order valence-electron chi connectivity index (χ3n) is 4.00. The molecule has 1 rings (SSSR count). The van der Waals surface area contributed by atoms with Crippen LogP contribution >= 0.6 is 0 Å². The quantitative estimate of drug-likeness (QED) is 0.839. The van der Waals surface area contributed by atoms with Gasteiger partial charge in [0.2, 0.25) is 0 Å². The Labute approximate surface area is 123 Å². The molecule has 1 fully saturated rings. The van der Waals surface area contributed by atoms with Crippen LogP contribution in [-0.4, -0.2) is 66.3 Å². The Bertz CT molecular complexity index is 306. The summed E-state index contributed by atoms with van der Waals surface area (Å²) in [5.41, 5.74) is -0.0604. The minimum absolute atomic E-state index is 0.0254. The number of hydrogen-bond donors (Lipinski definition) is 1. The molecule has 0 saturated carbocycles. The maximum atomic E-state index is 12.0. The van der Waals surface area contributed by atoms with Gasteiger partial charge in [-0.3, -0.25) is 4.90 Å². The molecule has 5 nitrogen and oxygen atoms in total. The molecule has 20 heavy (non-hydrogen) atoms. The first-order chi connectivity index (χ1) is 9.30. The molecule has 2 amide bonds. The highest BCUT2D eigenvalue weighted by atomic mass is 16.5. The first-order valence-corrected chi connectivity index (χ1v) is 7.73. The van der Waals surface area contributed by atoms with Gasteiger partial charge in [0.25, 0.3) is 0 Å². The zero-order chi connectivity index (χ0) is 15.3. The second-order valence-electron chi connectivity index (χ2n) is 6.31. The Hall–Kier alpha value is -0.810. The Morgan fingerprint density at radius 3 is 2.20 bits per heavy atom. The van der Waals surface area contributed by atoms with Crippen molar-refractivity contribution in [2.24, 2.45) is 0 Å². The van der Waals surface area contributed by atoms with Crippen molar-refractivity contribution < 1.29 is 9.53 Å². The van der Waals surface area contributed by atoms with Crippen LogP contribution in [0.4, 0.5) is 4.79 Å². The molecular weight excluding hydrogens is 254 g/mol. The molecule has 1 aliphatic heterocycles. The Morgan fingerprint density at radius 1 is 1.25 bits per heavy atom. The van der Waals surface area contributed by atoms with E-state index in [9.17, 15) is 4.79 Å². The number of carbonyl (C=O) groups is 1. The van der Waals surface area contributed by atoms with Crippen LogP contribution in [0.15, 0.2) is 0 Å². The maximum Gasteiger partial charge on any atom is 0.317 e. The minimum atomic E-state index is -0.0604. The highest BCUT2D eigenvalue weighted by Crippen LogP contribution is 2.20. The number of morpholine rings is 1. The van der Waals surface area contributed by atoms with Crippen molar-refractivity contribution in [2.75, 3.05) is 32.7 Å². The van der Waals surface area contributed by atoms with Crippen molar-refractivity contribution in [3.63, 3.8) is 0 Å². The lowest BCUT2D eigenvalue weighted by atomic mass is 10.00. The van der Waals surface area contributed by atoms with Crippen LogP contribution in [0.1, 0.15) is 41.5 Å². The summed E-state index contributed by atoms with van der Waals surface area (Å²) >= 11 is 0. The minimum Gasteiger partial charge on any atom is -0.373 e. The first kappa shape index (κ1) is 17.2. The molecule has 0 aliphatic carbocycles. The molecule has 1 saturated heterocycles. The second-order valence-corrected chi connectivity index (χ2v) is 6.31. The average Bonchev–Trinajstić information content (AvgIpc) is 2.37. The number of hydrogen-bond acceptors (Lipinski definition) is 3. The lowest BCUT2D eigenvalue weighted by molar-refractivity contribution is -0.0948. The standard InChI is InChI=1S/C15H31N3O2/c1-7-17(8-2)14(19)16-11-15(5,6)18-9-12(3)20-13(4)10-18/h12-13H,7-11H2,1-6H3,(H,16,19). The molecule has 5 heteroatoms. The number of carbonyl (C=O) groups excluding carboxylic acids is 1. The molecule has 0 aromatic carbocycles. The third-order valence-corrected chi connectivity index (χ3v) is 4.00. The van der Waals surface area contributed by atoms with Gasteiger partial charge in [0.15, 0.2) is 0 Å². The van der Waals surface area contributed by atoms with Gasteiger partial charge < -0.3 is 15.0 Å². The van der Waals surface area contributed by atoms with Gasteiger partial charge in [0, 0.05) is 38.3 Å². The van der Waals surface area contributed by atoms with Crippen LogP contribution in [0.25, 0.3) is 0 Å². The summed E-state index contributed by atoms with van der Waals surface area (Å²) in [6, 6.07) is 0.0254. The summed E-state index contributed by atoms with van der Waals surface area (Å²) in [6.45, 7) is 16.5. The Balaban J connectivity index is 2.54. The number of rotatable bonds is 5. The van der Waals surface area contributed by atoms with E-state index in [0.29, 0.717) is 6.54 Å². The van der Waals surface area contributed by atoms with E-state index in [1.807, 2.05) is 13.8 Å². The van der Waals surface area contributed by atoms with Crippen molar-refractivity contribution >= 4 is 6.03 Å². The van der Waals surface area contributed by atoms with Crippen molar-refractivity contribution in [1.29, 1.82) is 0 Å². The molecule has 0 radical (unpaired) electrons. The fraction of sp³-hybridized carbons (Fsp3) is 0.933. The van der Waals surface area contributed by atoms with Crippen molar-refractivity contribution in [1.82, 2.24) is 15.1 Å².